The summed E-state index contributed by atoms with van der Waals surface area (Å²) in [6.07, 6.45) is -0.534. The van der Waals surface area contributed by atoms with Crippen molar-refractivity contribution < 1.29 is 19.5 Å². The lowest BCUT2D eigenvalue weighted by Gasteiger charge is -2.34. The number of phenolic OH excluding ortho intramolecular Hbond substituents is 1. The highest BCUT2D eigenvalue weighted by molar-refractivity contribution is 8.03. The summed E-state index contributed by atoms with van der Waals surface area (Å²) in [5.74, 6) is 1.22. The second-order valence-electron chi connectivity index (χ2n) is 7.72. The number of phenols is 1. The Balaban J connectivity index is 1.56. The summed E-state index contributed by atoms with van der Waals surface area (Å²) < 4.78 is 5.64. The first-order valence-electron chi connectivity index (χ1n) is 10.2. The minimum Gasteiger partial charge on any atom is -0.508 e. The van der Waals surface area contributed by atoms with E-state index in [-0.39, 0.29) is 16.9 Å². The number of amidine groups is 1. The van der Waals surface area contributed by atoms with Crippen molar-refractivity contribution in [3.63, 3.8) is 0 Å². The fourth-order valence-corrected chi connectivity index (χ4v) is 6.35. The molecule has 7 nitrogen and oxygen atoms in total. The number of oxime groups is 1. The molecule has 3 aromatic carbocycles. The van der Waals surface area contributed by atoms with Crippen LogP contribution in [-0.2, 0) is 14.5 Å². The number of carbonyl (C=O) groups is 1. The number of fused-ring (bicyclic) bond motifs is 3. The maximum Gasteiger partial charge on any atom is 0.266 e. The molecule has 1 fully saturated rings. The molecule has 32 heavy (non-hydrogen) atoms. The van der Waals surface area contributed by atoms with Gasteiger partial charge in [-0.15, -0.1) is 11.8 Å². The Labute approximate surface area is 188 Å². The third-order valence-electron chi connectivity index (χ3n) is 6.05. The van der Waals surface area contributed by atoms with E-state index >= 15 is 0 Å². The number of nitrogens with zero attached hydrogens (tertiary/aromatic N) is 2. The van der Waals surface area contributed by atoms with E-state index in [1.165, 1.54) is 11.8 Å². The van der Waals surface area contributed by atoms with Crippen molar-refractivity contribution in [2.45, 2.75) is 16.2 Å². The number of benzene rings is 3. The van der Waals surface area contributed by atoms with Crippen molar-refractivity contribution in [3.8, 4) is 11.5 Å². The number of para-hydroxylation sites is 4. The van der Waals surface area contributed by atoms with Gasteiger partial charge in [-0.05, 0) is 24.3 Å². The molecule has 8 heteroatoms. The van der Waals surface area contributed by atoms with E-state index in [0.29, 0.717) is 17.1 Å². The van der Waals surface area contributed by atoms with Crippen LogP contribution in [0.5, 0.6) is 11.5 Å². The highest BCUT2D eigenvalue weighted by atomic mass is 32.2. The SMILES string of the molecule is COc1ccccc1N1C2=NOC(c3ccccc3O)C2SC12C(=O)Nc1ccccc12. The molecule has 160 valence electrons. The third-order valence-corrected chi connectivity index (χ3v) is 7.69. The first-order chi connectivity index (χ1) is 15.6. The molecule has 1 saturated heterocycles. The van der Waals surface area contributed by atoms with E-state index in [4.69, 9.17) is 9.57 Å². The zero-order valence-electron chi connectivity index (χ0n) is 17.1. The second-order valence-corrected chi connectivity index (χ2v) is 9.06. The summed E-state index contributed by atoms with van der Waals surface area (Å²) >= 11 is 1.47. The van der Waals surface area contributed by atoms with Crippen LogP contribution in [0.25, 0.3) is 0 Å². The number of rotatable bonds is 3. The van der Waals surface area contributed by atoms with Crippen LogP contribution in [0, 0.1) is 0 Å². The lowest BCUT2D eigenvalue weighted by atomic mass is 10.0. The fraction of sp³-hybridized carbons (Fsp3) is 0.167. The molecule has 3 aromatic rings. The monoisotopic (exact) mass is 445 g/mol. The zero-order valence-corrected chi connectivity index (χ0v) is 17.9. The van der Waals surface area contributed by atoms with Gasteiger partial charge < -0.3 is 20.0 Å². The van der Waals surface area contributed by atoms with E-state index in [9.17, 15) is 9.90 Å². The van der Waals surface area contributed by atoms with Crippen LogP contribution in [0.1, 0.15) is 17.2 Å². The van der Waals surface area contributed by atoms with Gasteiger partial charge in [0.1, 0.15) is 16.7 Å². The number of amides is 1. The van der Waals surface area contributed by atoms with E-state index in [2.05, 4.69) is 10.5 Å². The number of carbonyl (C=O) groups excluding carboxylic acids is 1. The van der Waals surface area contributed by atoms with E-state index < -0.39 is 11.0 Å². The lowest BCUT2D eigenvalue weighted by molar-refractivity contribution is -0.117. The van der Waals surface area contributed by atoms with Crippen LogP contribution in [-0.4, -0.2) is 29.2 Å². The third kappa shape index (κ3) is 2.44. The number of thioether (sulfide) groups is 1. The first-order valence-corrected chi connectivity index (χ1v) is 11.1. The molecule has 0 saturated carbocycles. The number of anilines is 2. The highest BCUT2D eigenvalue weighted by Gasteiger charge is 2.65. The average Bonchev–Trinajstić information content (AvgIpc) is 3.45. The quantitative estimate of drug-likeness (QED) is 0.628. The zero-order chi connectivity index (χ0) is 21.9. The molecule has 0 aromatic heterocycles. The largest absolute Gasteiger partial charge is 0.508 e. The van der Waals surface area contributed by atoms with Gasteiger partial charge in [-0.2, -0.15) is 0 Å². The fourth-order valence-electron chi connectivity index (χ4n) is 4.65. The van der Waals surface area contributed by atoms with Crippen molar-refractivity contribution in [2.24, 2.45) is 5.16 Å². The molecule has 3 aliphatic heterocycles. The second kappa shape index (κ2) is 6.93. The lowest BCUT2D eigenvalue weighted by Crippen LogP contribution is -2.47. The minimum atomic E-state index is -1.08. The Morgan fingerprint density at radius 3 is 2.69 bits per heavy atom. The van der Waals surface area contributed by atoms with Crippen molar-refractivity contribution in [2.75, 3.05) is 17.3 Å². The number of hydrogen-bond acceptors (Lipinski definition) is 7. The minimum absolute atomic E-state index is 0.135. The molecular formula is C24H19N3O4S. The van der Waals surface area contributed by atoms with Crippen LogP contribution in [0.15, 0.2) is 78.0 Å². The van der Waals surface area contributed by atoms with Crippen molar-refractivity contribution >= 4 is 34.9 Å². The molecular weight excluding hydrogens is 426 g/mol. The standard InChI is InChI=1S/C24H19N3O4S/c1-30-19-13-7-5-11-17(19)27-22-21(20(31-26-22)14-8-2-6-12-18(14)28)32-24(27)15-9-3-4-10-16(15)25-23(24)29/h2-13,20-21,28H,1H3,(H,25,29). The number of aromatic hydroxyl groups is 1. The number of nitrogens with one attached hydrogen (secondary N) is 1. The van der Waals surface area contributed by atoms with Crippen LogP contribution in [0.2, 0.25) is 0 Å². The molecule has 3 heterocycles. The Kier molecular flexibility index (Phi) is 4.13. The Bertz CT molecular complexity index is 1280. The normalized spacial score (nSPS) is 25.2. The molecule has 0 bridgehead atoms. The molecule has 3 aliphatic rings. The molecule has 3 unspecified atom stereocenters. The van der Waals surface area contributed by atoms with Crippen molar-refractivity contribution in [1.29, 1.82) is 0 Å². The predicted molar refractivity (Wildman–Crippen MR) is 123 cm³/mol. The number of methoxy groups -OCH3 is 1. The van der Waals surface area contributed by atoms with Crippen molar-refractivity contribution in [3.05, 3.63) is 83.9 Å². The highest BCUT2D eigenvalue weighted by Crippen LogP contribution is 2.61. The van der Waals surface area contributed by atoms with Gasteiger partial charge in [0.2, 0.25) is 4.87 Å². The molecule has 2 N–H and O–H groups in total. The maximum atomic E-state index is 13.6. The Morgan fingerprint density at radius 2 is 1.84 bits per heavy atom. The van der Waals surface area contributed by atoms with Gasteiger partial charge in [-0.25, -0.2) is 0 Å². The topological polar surface area (TPSA) is 83.4 Å². The summed E-state index contributed by atoms with van der Waals surface area (Å²) in [7, 11) is 1.60. The van der Waals surface area contributed by atoms with Gasteiger partial charge in [0.05, 0.1) is 12.8 Å². The van der Waals surface area contributed by atoms with Gasteiger partial charge in [0.25, 0.3) is 5.91 Å². The summed E-state index contributed by atoms with van der Waals surface area (Å²) in [4.78, 5) is 20.3. The maximum absolute atomic E-state index is 13.6. The van der Waals surface area contributed by atoms with Gasteiger partial charge in [0.15, 0.2) is 11.9 Å². The number of hydrogen-bond donors (Lipinski definition) is 2. The molecule has 1 amide bonds. The summed E-state index contributed by atoms with van der Waals surface area (Å²) in [5, 5.41) is 17.6. The van der Waals surface area contributed by atoms with Crippen LogP contribution >= 0.6 is 11.8 Å². The van der Waals surface area contributed by atoms with Crippen LogP contribution in [0.3, 0.4) is 0 Å². The summed E-state index contributed by atoms with van der Waals surface area (Å²) in [6.45, 7) is 0. The first kappa shape index (κ1) is 19.1. The van der Waals surface area contributed by atoms with Crippen LogP contribution in [0.4, 0.5) is 11.4 Å². The van der Waals surface area contributed by atoms with Crippen LogP contribution < -0.4 is 15.0 Å². The Morgan fingerprint density at radius 1 is 1.09 bits per heavy atom. The molecule has 3 atom stereocenters. The summed E-state index contributed by atoms with van der Waals surface area (Å²) in [5.41, 5.74) is 2.98. The van der Waals surface area contributed by atoms with Gasteiger partial charge in [0, 0.05) is 16.8 Å². The van der Waals surface area contributed by atoms with E-state index in [0.717, 1.165) is 16.9 Å². The smallest absolute Gasteiger partial charge is 0.266 e. The molecule has 1 spiro atoms. The Hall–Kier alpha value is -3.65. The number of ether oxygens (including phenoxy) is 1. The van der Waals surface area contributed by atoms with Gasteiger partial charge in [-0.3, -0.25) is 9.69 Å². The van der Waals surface area contributed by atoms with Gasteiger partial charge >= 0.3 is 0 Å². The molecule has 0 radical (unpaired) electrons. The van der Waals surface area contributed by atoms with E-state index in [1.807, 2.05) is 65.6 Å². The van der Waals surface area contributed by atoms with E-state index in [1.54, 1.807) is 19.2 Å². The molecule has 0 aliphatic carbocycles. The average molecular weight is 446 g/mol. The summed E-state index contributed by atoms with van der Waals surface area (Å²) in [6, 6.07) is 22.3. The predicted octanol–water partition coefficient (Wildman–Crippen LogP) is 4.21. The van der Waals surface area contributed by atoms with Gasteiger partial charge in [-0.1, -0.05) is 53.7 Å². The molecule has 6 rings (SSSR count). The van der Waals surface area contributed by atoms with Crippen molar-refractivity contribution in [1.82, 2.24) is 0 Å².